The van der Waals surface area contributed by atoms with Crippen LogP contribution in [-0.4, -0.2) is 9.97 Å². The molecule has 1 aromatic carbocycles. The summed E-state index contributed by atoms with van der Waals surface area (Å²) < 4.78 is 0. The molecule has 2 aromatic rings. The van der Waals surface area contributed by atoms with Crippen molar-refractivity contribution in [3.05, 3.63) is 29.6 Å². The van der Waals surface area contributed by atoms with Gasteiger partial charge < -0.3 is 4.98 Å². The van der Waals surface area contributed by atoms with E-state index < -0.39 is 0 Å². The molecule has 1 N–H and O–H groups in total. The van der Waals surface area contributed by atoms with Crippen molar-refractivity contribution in [2.24, 2.45) is 0 Å². The molecule has 0 unspecified atom stereocenters. The van der Waals surface area contributed by atoms with Crippen molar-refractivity contribution in [3.63, 3.8) is 0 Å². The highest BCUT2D eigenvalue weighted by atomic mass is 14.9. The Labute approximate surface area is 92.7 Å². The van der Waals surface area contributed by atoms with Gasteiger partial charge in [-0.3, -0.25) is 0 Å². The largest absolute Gasteiger partial charge is 0.344 e. The molecule has 0 spiro atoms. The van der Waals surface area contributed by atoms with E-state index in [1.54, 1.807) is 6.33 Å². The molecule has 15 heavy (non-hydrogen) atoms. The lowest BCUT2D eigenvalue weighted by atomic mass is 10.1. The van der Waals surface area contributed by atoms with Gasteiger partial charge in [-0.05, 0) is 25.0 Å². The van der Waals surface area contributed by atoms with Crippen LogP contribution in [0.1, 0.15) is 38.8 Å². The van der Waals surface area contributed by atoms with Gasteiger partial charge >= 0.3 is 0 Å². The molecule has 84 valence electrons. The lowest BCUT2D eigenvalue weighted by Gasteiger charge is -1.96. The van der Waals surface area contributed by atoms with E-state index in [4.69, 9.17) is 0 Å². The molecule has 0 aliphatic heterocycles. The van der Waals surface area contributed by atoms with E-state index in [2.05, 4.69) is 35.9 Å². The molecule has 0 aliphatic rings. The first-order valence-electron chi connectivity index (χ1n) is 5.68. The summed E-state index contributed by atoms with van der Waals surface area (Å²) in [6.45, 7) is 12.2. The number of nitrogens with one attached hydrogen (secondary N) is 1. The van der Waals surface area contributed by atoms with Crippen LogP contribution in [0, 0.1) is 13.8 Å². The number of hydrogen-bond acceptors (Lipinski definition) is 1. The Morgan fingerprint density at radius 2 is 1.47 bits per heavy atom. The van der Waals surface area contributed by atoms with Crippen molar-refractivity contribution >= 4 is 11.0 Å². The highest BCUT2D eigenvalue weighted by Gasteiger charge is 2.00. The fourth-order valence-corrected chi connectivity index (χ4v) is 1.31. The molecular weight excluding hydrogens is 184 g/mol. The van der Waals surface area contributed by atoms with E-state index in [0.29, 0.717) is 0 Å². The summed E-state index contributed by atoms with van der Waals surface area (Å²) in [6.07, 6.45) is 1.74. The van der Waals surface area contributed by atoms with Gasteiger partial charge in [0.2, 0.25) is 0 Å². The summed E-state index contributed by atoms with van der Waals surface area (Å²) >= 11 is 0. The monoisotopic (exact) mass is 206 g/mol. The Morgan fingerprint density at radius 3 is 2.00 bits per heavy atom. The second kappa shape index (κ2) is 7.04. The highest BCUT2D eigenvalue weighted by molar-refractivity contribution is 5.81. The average molecular weight is 206 g/mol. The first-order chi connectivity index (χ1) is 7.29. The fraction of sp³-hybridized carbons (Fsp3) is 0.462. The Morgan fingerprint density at radius 1 is 0.933 bits per heavy atom. The maximum absolute atomic E-state index is 4.22. The summed E-state index contributed by atoms with van der Waals surface area (Å²) in [6, 6.07) is 4.20. The molecule has 2 heteroatoms. The van der Waals surface area contributed by atoms with Crippen LogP contribution in [0.15, 0.2) is 18.5 Å². The predicted octanol–water partition coefficient (Wildman–Crippen LogP) is 4.23. The van der Waals surface area contributed by atoms with Gasteiger partial charge in [-0.2, -0.15) is 0 Å². The molecule has 1 heterocycles. The number of nitrogens with zero attached hydrogens (tertiary/aromatic N) is 1. The average Bonchev–Trinajstić information content (AvgIpc) is 2.79. The highest BCUT2D eigenvalue weighted by Crippen LogP contribution is 2.17. The fourth-order valence-electron chi connectivity index (χ4n) is 1.31. The van der Waals surface area contributed by atoms with Gasteiger partial charge in [0.15, 0.2) is 0 Å². The predicted molar refractivity (Wildman–Crippen MR) is 68.3 cm³/mol. The Balaban J connectivity index is 0.000000442. The number of hydrogen-bond donors (Lipinski definition) is 1. The van der Waals surface area contributed by atoms with Gasteiger partial charge in [-0.25, -0.2) is 4.98 Å². The quantitative estimate of drug-likeness (QED) is 0.686. The van der Waals surface area contributed by atoms with Crippen molar-refractivity contribution < 1.29 is 0 Å². The van der Waals surface area contributed by atoms with Crippen LogP contribution in [-0.2, 0) is 0 Å². The minimum Gasteiger partial charge on any atom is -0.344 e. The topological polar surface area (TPSA) is 28.7 Å². The van der Waals surface area contributed by atoms with Crippen LogP contribution in [0.25, 0.3) is 11.0 Å². The van der Waals surface area contributed by atoms with Crippen LogP contribution >= 0.6 is 0 Å². The number of aromatic nitrogens is 2. The lowest BCUT2D eigenvalue weighted by molar-refractivity contribution is 1.33. The summed E-state index contributed by atoms with van der Waals surface area (Å²) in [5.41, 5.74) is 4.73. The number of benzene rings is 1. The molecule has 0 atom stereocenters. The van der Waals surface area contributed by atoms with Gasteiger partial charge in [-0.1, -0.05) is 39.8 Å². The van der Waals surface area contributed by atoms with Gasteiger partial charge in [0.1, 0.15) is 0 Å². The molecule has 0 radical (unpaired) electrons. The van der Waals surface area contributed by atoms with Gasteiger partial charge in [-0.15, -0.1) is 0 Å². The number of aryl methyl sites for hydroxylation is 2. The second-order valence-electron chi connectivity index (χ2n) is 2.83. The van der Waals surface area contributed by atoms with E-state index in [9.17, 15) is 0 Å². The summed E-state index contributed by atoms with van der Waals surface area (Å²) in [5, 5.41) is 0. The van der Waals surface area contributed by atoms with Crippen LogP contribution in [0.4, 0.5) is 0 Å². The molecule has 0 bridgehead atoms. The normalized spacial score (nSPS) is 8.67. The van der Waals surface area contributed by atoms with Crippen LogP contribution in [0.3, 0.4) is 0 Å². The smallest absolute Gasteiger partial charge is 0.0932 e. The van der Waals surface area contributed by atoms with E-state index in [1.165, 1.54) is 11.1 Å². The van der Waals surface area contributed by atoms with E-state index in [0.717, 1.165) is 11.0 Å². The van der Waals surface area contributed by atoms with Gasteiger partial charge in [0.05, 0.1) is 17.4 Å². The molecule has 1 aromatic heterocycles. The molecule has 2 nitrogen and oxygen atoms in total. The van der Waals surface area contributed by atoms with Gasteiger partial charge in [0.25, 0.3) is 0 Å². The van der Waals surface area contributed by atoms with Crippen LogP contribution in [0.2, 0.25) is 0 Å². The second-order valence-corrected chi connectivity index (χ2v) is 2.83. The Hall–Kier alpha value is -1.31. The van der Waals surface area contributed by atoms with Crippen molar-refractivity contribution in [2.75, 3.05) is 0 Å². The summed E-state index contributed by atoms with van der Waals surface area (Å²) in [4.78, 5) is 7.34. The molecule has 0 saturated carbocycles. The Bertz CT molecular complexity index is 352. The molecular formula is C13H22N2. The number of imidazole rings is 1. The SMILES string of the molecule is CC.CC.Cc1ccc(C)c2[nH]cnc12. The van der Waals surface area contributed by atoms with Crippen LogP contribution < -0.4 is 0 Å². The zero-order chi connectivity index (χ0) is 11.8. The van der Waals surface area contributed by atoms with E-state index in [-0.39, 0.29) is 0 Å². The minimum absolute atomic E-state index is 1.09. The molecule has 0 amide bonds. The van der Waals surface area contributed by atoms with E-state index in [1.807, 2.05) is 27.7 Å². The molecule has 2 rings (SSSR count). The molecule has 0 saturated heterocycles. The minimum atomic E-state index is 1.09. The van der Waals surface area contributed by atoms with Crippen molar-refractivity contribution in [2.45, 2.75) is 41.5 Å². The first kappa shape index (κ1) is 13.7. The molecule has 0 fully saturated rings. The lowest BCUT2D eigenvalue weighted by Crippen LogP contribution is -1.79. The summed E-state index contributed by atoms with van der Waals surface area (Å²) in [7, 11) is 0. The van der Waals surface area contributed by atoms with Crippen LogP contribution in [0.5, 0.6) is 0 Å². The third-order valence-electron chi connectivity index (χ3n) is 1.99. The standard InChI is InChI=1S/C9H10N2.2C2H6/c1-6-3-4-7(2)9-8(6)10-5-11-9;2*1-2/h3-5H,1-2H3,(H,10,11);2*1-2H3. The van der Waals surface area contributed by atoms with E-state index >= 15 is 0 Å². The summed E-state index contributed by atoms with van der Waals surface area (Å²) in [5.74, 6) is 0. The first-order valence-corrected chi connectivity index (χ1v) is 5.68. The number of fused-ring (bicyclic) bond motifs is 1. The maximum atomic E-state index is 4.22. The van der Waals surface area contributed by atoms with Crippen molar-refractivity contribution in [1.82, 2.24) is 9.97 Å². The zero-order valence-electron chi connectivity index (χ0n) is 10.7. The number of H-pyrrole nitrogens is 1. The number of aromatic amines is 1. The van der Waals surface area contributed by atoms with Crippen molar-refractivity contribution in [1.29, 1.82) is 0 Å². The van der Waals surface area contributed by atoms with Crippen molar-refractivity contribution in [3.8, 4) is 0 Å². The maximum Gasteiger partial charge on any atom is 0.0932 e. The van der Waals surface area contributed by atoms with Gasteiger partial charge in [0, 0.05) is 0 Å². The third-order valence-corrected chi connectivity index (χ3v) is 1.99. The molecule has 0 aliphatic carbocycles. The zero-order valence-corrected chi connectivity index (χ0v) is 10.7. The Kier molecular flexibility index (Phi) is 6.43. The third kappa shape index (κ3) is 3.08. The number of rotatable bonds is 0.